The molecule has 1 fully saturated rings. The number of carbonyl (C=O) groups excluding carboxylic acids is 2. The highest BCUT2D eigenvalue weighted by molar-refractivity contribution is 8.06. The molecule has 2 amide bonds. The topological polar surface area (TPSA) is 151 Å². The van der Waals surface area contributed by atoms with Gasteiger partial charge in [-0.05, 0) is 0 Å². The van der Waals surface area contributed by atoms with Crippen LogP contribution in [-0.4, -0.2) is 68.9 Å². The van der Waals surface area contributed by atoms with Crippen LogP contribution < -0.4 is 15.6 Å². The Labute approximate surface area is 211 Å². The van der Waals surface area contributed by atoms with E-state index >= 15 is 0 Å². The minimum Gasteiger partial charge on any atom is -0.477 e. The number of nitrogens with one attached hydrogen (secondary N) is 1. The molecule has 4 heterocycles. The monoisotopic (exact) mass is 539 g/mol. The van der Waals surface area contributed by atoms with E-state index in [1.54, 1.807) is 0 Å². The minimum atomic E-state index is -1.26. The predicted molar refractivity (Wildman–Crippen MR) is 128 cm³/mol. The number of aryl methyl sites for hydroxylation is 1. The van der Waals surface area contributed by atoms with Crippen LogP contribution in [0.1, 0.15) is 5.69 Å². The first-order chi connectivity index (χ1) is 16.8. The lowest BCUT2D eigenvalue weighted by molar-refractivity contribution is -0.671. The Morgan fingerprint density at radius 1 is 1.46 bits per heavy atom. The van der Waals surface area contributed by atoms with E-state index in [1.165, 1.54) is 33.8 Å². The van der Waals surface area contributed by atoms with E-state index in [1.807, 2.05) is 36.1 Å². The van der Waals surface area contributed by atoms with E-state index in [-0.39, 0.29) is 22.2 Å². The summed E-state index contributed by atoms with van der Waals surface area (Å²) in [5.41, 5.74) is 5.24. The molecule has 0 bridgehead atoms. The third-order valence-electron chi connectivity index (χ3n) is 5.14. The first-order valence-electron chi connectivity index (χ1n) is 10.1. The molecule has 11 nitrogen and oxygen atoms in total. The SMILES string of the molecule is C[n+]1ccc(SCC2=C(C(=O)O)N3C(=O)[C@@H](NC(=O)C(=NOCF)c4csc(N)n4)C3CS2)cc1. The number of oxime groups is 1. The number of halogens is 1. The third-order valence-corrected chi connectivity index (χ3v) is 8.23. The van der Waals surface area contributed by atoms with Crippen molar-refractivity contribution in [3.8, 4) is 0 Å². The molecule has 2 atom stereocenters. The van der Waals surface area contributed by atoms with Crippen molar-refractivity contribution in [3.05, 3.63) is 46.2 Å². The quantitative estimate of drug-likeness (QED) is 0.138. The second kappa shape index (κ2) is 10.6. The normalized spacial score (nSPS) is 19.8. The summed E-state index contributed by atoms with van der Waals surface area (Å²) in [7, 11) is 1.90. The van der Waals surface area contributed by atoms with Crippen molar-refractivity contribution in [3.63, 3.8) is 0 Å². The van der Waals surface area contributed by atoms with Gasteiger partial charge in [0, 0.05) is 38.8 Å². The maximum atomic E-state index is 12.9. The highest BCUT2D eigenvalue weighted by atomic mass is 32.2. The van der Waals surface area contributed by atoms with Crippen LogP contribution in [0.25, 0.3) is 0 Å². The largest absolute Gasteiger partial charge is 0.477 e. The molecule has 1 unspecified atom stereocenters. The molecule has 184 valence electrons. The number of thiazole rings is 1. The van der Waals surface area contributed by atoms with Crippen LogP contribution in [0, 0.1) is 0 Å². The van der Waals surface area contributed by atoms with E-state index in [4.69, 9.17) is 5.73 Å². The zero-order valence-corrected chi connectivity index (χ0v) is 20.7. The zero-order chi connectivity index (χ0) is 25.1. The number of anilines is 1. The lowest BCUT2D eigenvalue weighted by Crippen LogP contribution is -2.73. The molecule has 0 spiro atoms. The number of nitrogens with two attached hydrogens (primary N) is 1. The van der Waals surface area contributed by atoms with Crippen molar-refractivity contribution >= 4 is 63.5 Å². The lowest BCUT2D eigenvalue weighted by Gasteiger charge is -2.49. The van der Waals surface area contributed by atoms with Crippen LogP contribution in [-0.2, 0) is 26.3 Å². The third kappa shape index (κ3) is 5.26. The molecule has 15 heteroatoms. The van der Waals surface area contributed by atoms with Gasteiger partial charge in [-0.3, -0.25) is 14.5 Å². The number of carboxylic acid groups (broad SMARTS) is 1. The van der Waals surface area contributed by atoms with Crippen LogP contribution in [0.4, 0.5) is 9.52 Å². The Bertz CT molecular complexity index is 1220. The van der Waals surface area contributed by atoms with Gasteiger partial charge in [0.25, 0.3) is 18.7 Å². The molecule has 2 aliphatic heterocycles. The number of nitrogens with zero attached hydrogens (tertiary/aromatic N) is 4. The van der Waals surface area contributed by atoms with Gasteiger partial charge in [0.2, 0.25) is 0 Å². The number of alkyl halides is 1. The van der Waals surface area contributed by atoms with Gasteiger partial charge in [0.05, 0.1) is 6.04 Å². The number of nitrogen functional groups attached to an aromatic ring is 1. The van der Waals surface area contributed by atoms with Gasteiger partial charge in [-0.1, -0.05) is 5.16 Å². The van der Waals surface area contributed by atoms with Gasteiger partial charge in [-0.25, -0.2) is 18.7 Å². The second-order valence-corrected chi connectivity index (χ2v) is 10.4. The average molecular weight is 540 g/mol. The highest BCUT2D eigenvalue weighted by Crippen LogP contribution is 2.41. The molecule has 0 saturated carbocycles. The van der Waals surface area contributed by atoms with Crippen molar-refractivity contribution in [1.82, 2.24) is 15.2 Å². The molecule has 2 aromatic heterocycles. The molecular formula is C20H20FN6O5S3+. The molecular weight excluding hydrogens is 519 g/mol. The number of carbonyl (C=O) groups is 3. The number of thioether (sulfide) groups is 2. The summed E-state index contributed by atoms with van der Waals surface area (Å²) in [5, 5.41) is 17.5. The Morgan fingerprint density at radius 3 is 2.83 bits per heavy atom. The van der Waals surface area contributed by atoms with Crippen molar-refractivity contribution < 1.29 is 33.3 Å². The number of carboxylic acids is 1. The van der Waals surface area contributed by atoms with Crippen LogP contribution >= 0.6 is 34.9 Å². The summed E-state index contributed by atoms with van der Waals surface area (Å²) in [4.78, 5) is 48.8. The number of hydrogen-bond donors (Lipinski definition) is 3. The van der Waals surface area contributed by atoms with Crippen molar-refractivity contribution in [2.45, 2.75) is 17.0 Å². The summed E-state index contributed by atoms with van der Waals surface area (Å²) in [5.74, 6) is -1.81. The average Bonchev–Trinajstić information content (AvgIpc) is 3.27. The number of aliphatic carboxylic acids is 1. The summed E-state index contributed by atoms with van der Waals surface area (Å²) in [6.07, 6.45) is 3.78. The standard InChI is InChI=1S/C20H19FN6O5S3/c1-26-4-2-10(3-5-26)33-8-13-16(19(30)31)27-12(7-34-13)15(18(27)29)24-17(28)14(25-32-9-21)11-6-35-20(22)23-11/h2-6,12,15H,7-9H2,1H3,(H3-,22,23,24,28,30,31)/p+1/t12?,15-/m0/s1. The van der Waals surface area contributed by atoms with E-state index in [0.717, 1.165) is 16.2 Å². The molecule has 2 aromatic rings. The number of pyridine rings is 1. The number of rotatable bonds is 9. The first-order valence-corrected chi connectivity index (χ1v) is 12.9. The Hall–Kier alpha value is -3.17. The summed E-state index contributed by atoms with van der Waals surface area (Å²) in [6, 6.07) is 2.31. The van der Waals surface area contributed by atoms with E-state index in [0.29, 0.717) is 16.4 Å². The second-order valence-electron chi connectivity index (χ2n) is 7.35. The van der Waals surface area contributed by atoms with Crippen LogP contribution in [0.3, 0.4) is 0 Å². The van der Waals surface area contributed by atoms with Crippen LogP contribution in [0.15, 0.2) is 50.6 Å². The first kappa shape index (κ1) is 24.9. The van der Waals surface area contributed by atoms with Crippen molar-refractivity contribution in [2.24, 2.45) is 12.2 Å². The molecule has 0 aromatic carbocycles. The molecule has 4 rings (SSSR count). The maximum Gasteiger partial charge on any atom is 0.353 e. The number of β-lactam (4-membered cyclic amide) rings is 1. The fraction of sp³-hybridized carbons (Fsp3) is 0.300. The summed E-state index contributed by atoms with van der Waals surface area (Å²) >= 11 is 3.86. The van der Waals surface area contributed by atoms with Crippen molar-refractivity contribution in [1.29, 1.82) is 0 Å². The van der Waals surface area contributed by atoms with Gasteiger partial charge in [0.1, 0.15) is 24.5 Å². The van der Waals surface area contributed by atoms with Gasteiger partial charge in [0.15, 0.2) is 23.2 Å². The zero-order valence-electron chi connectivity index (χ0n) is 18.2. The molecule has 0 aliphatic carbocycles. The molecule has 35 heavy (non-hydrogen) atoms. The Morgan fingerprint density at radius 2 is 2.20 bits per heavy atom. The maximum absolute atomic E-state index is 12.9. The van der Waals surface area contributed by atoms with E-state index in [2.05, 4.69) is 20.3 Å². The van der Waals surface area contributed by atoms with Crippen molar-refractivity contribution in [2.75, 3.05) is 24.1 Å². The minimum absolute atomic E-state index is 0.0695. The molecule has 2 aliphatic rings. The Balaban J connectivity index is 1.48. The van der Waals surface area contributed by atoms with Crippen LogP contribution in [0.2, 0.25) is 0 Å². The number of aromatic nitrogens is 2. The van der Waals surface area contributed by atoms with Gasteiger partial charge in [-0.2, -0.15) is 0 Å². The lowest BCUT2D eigenvalue weighted by atomic mass is 9.94. The molecule has 1 saturated heterocycles. The Kier molecular flexibility index (Phi) is 7.57. The summed E-state index contributed by atoms with van der Waals surface area (Å²) in [6.45, 7) is -1.26. The fourth-order valence-corrected chi connectivity index (χ4v) is 6.34. The number of hydrogen-bond acceptors (Lipinski definition) is 10. The smallest absolute Gasteiger partial charge is 0.353 e. The van der Waals surface area contributed by atoms with Crippen LogP contribution in [0.5, 0.6) is 0 Å². The number of amides is 2. The fourth-order valence-electron chi connectivity index (χ4n) is 3.50. The summed E-state index contributed by atoms with van der Waals surface area (Å²) < 4.78 is 14.4. The predicted octanol–water partition coefficient (Wildman–Crippen LogP) is 0.728. The van der Waals surface area contributed by atoms with E-state index < -0.39 is 36.7 Å². The van der Waals surface area contributed by atoms with Gasteiger partial charge in [-0.15, -0.1) is 34.9 Å². The number of fused-ring (bicyclic) bond motifs is 1. The molecule has 0 radical (unpaired) electrons. The van der Waals surface area contributed by atoms with E-state index in [9.17, 15) is 23.9 Å². The highest BCUT2D eigenvalue weighted by Gasteiger charge is 2.54. The molecule has 4 N–H and O–H groups in total. The van der Waals surface area contributed by atoms with Gasteiger partial charge >= 0.3 is 5.97 Å². The van der Waals surface area contributed by atoms with Gasteiger partial charge < -0.3 is 21.0 Å².